The zero-order chi connectivity index (χ0) is 6.85. The zero-order valence-electron chi connectivity index (χ0n) is 5.24. The lowest BCUT2D eigenvalue weighted by Gasteiger charge is -1.96. The van der Waals surface area contributed by atoms with Gasteiger partial charge >= 0.3 is 0 Å². The van der Waals surface area contributed by atoms with Crippen molar-refractivity contribution < 1.29 is 0 Å². The van der Waals surface area contributed by atoms with Crippen LogP contribution in [-0.4, -0.2) is 9.36 Å². The summed E-state index contributed by atoms with van der Waals surface area (Å²) in [4.78, 5) is 10.7. The second-order valence-corrected chi connectivity index (χ2v) is 1.74. The van der Waals surface area contributed by atoms with E-state index in [-0.39, 0.29) is 5.56 Å². The maximum Gasteiger partial charge on any atom is 0.266 e. The van der Waals surface area contributed by atoms with Crippen molar-refractivity contribution in [2.24, 2.45) is 7.05 Å². The molecular weight excluding hydrogens is 116 g/mol. The molecule has 0 fully saturated rings. The fourth-order valence-electron chi connectivity index (χ4n) is 0.645. The molecule has 0 spiro atoms. The predicted octanol–water partition coefficient (Wildman–Crippen LogP) is 0.287. The molecule has 1 heterocycles. The lowest BCUT2D eigenvalue weighted by molar-refractivity contribution is 0.666. The maximum absolute atomic E-state index is 10.7. The second kappa shape index (κ2) is 1.93. The molecule has 1 aromatic rings. The fraction of sp³-hybridized carbons (Fsp3) is 0.167. The molecule has 0 atom stereocenters. The largest absolute Gasteiger partial charge is 0.268 e. The number of rotatable bonds is 1. The highest BCUT2D eigenvalue weighted by atomic mass is 16.1. The molecule has 0 radical (unpaired) electrons. The van der Waals surface area contributed by atoms with Gasteiger partial charge in [0.1, 0.15) is 0 Å². The monoisotopic (exact) mass is 124 g/mol. The minimum atomic E-state index is -0.0186. The van der Waals surface area contributed by atoms with E-state index < -0.39 is 0 Å². The maximum atomic E-state index is 10.7. The number of hydrogen-bond donors (Lipinski definition) is 0. The first-order valence-corrected chi connectivity index (χ1v) is 2.62. The molecule has 0 aromatic carbocycles. The van der Waals surface area contributed by atoms with E-state index in [2.05, 4.69) is 6.58 Å². The third-order valence-corrected chi connectivity index (χ3v) is 1.22. The Morgan fingerprint density at radius 2 is 2.44 bits per heavy atom. The van der Waals surface area contributed by atoms with Gasteiger partial charge in [0.15, 0.2) is 0 Å². The molecule has 1 aromatic heterocycles. The van der Waals surface area contributed by atoms with Crippen LogP contribution in [0.3, 0.4) is 0 Å². The molecule has 0 aliphatic heterocycles. The van der Waals surface area contributed by atoms with Gasteiger partial charge in [-0.25, -0.2) is 4.68 Å². The summed E-state index contributed by atoms with van der Waals surface area (Å²) >= 11 is 0. The van der Waals surface area contributed by atoms with Crippen LogP contribution in [0.15, 0.2) is 23.6 Å². The van der Waals surface area contributed by atoms with Crippen LogP contribution in [0.2, 0.25) is 0 Å². The summed E-state index contributed by atoms with van der Waals surface area (Å²) in [7, 11) is 1.68. The quantitative estimate of drug-likeness (QED) is 0.528. The summed E-state index contributed by atoms with van der Waals surface area (Å²) in [6.07, 6.45) is 3.23. The van der Waals surface area contributed by atoms with E-state index in [0.717, 1.165) is 0 Å². The van der Waals surface area contributed by atoms with E-state index in [9.17, 15) is 4.79 Å². The first kappa shape index (κ1) is 5.88. The van der Waals surface area contributed by atoms with Crippen LogP contribution in [0, 0.1) is 0 Å². The van der Waals surface area contributed by atoms with Gasteiger partial charge in [-0.05, 0) is 0 Å². The summed E-state index contributed by atoms with van der Waals surface area (Å²) in [6, 6.07) is 1.49. The second-order valence-electron chi connectivity index (χ2n) is 1.74. The van der Waals surface area contributed by atoms with Gasteiger partial charge in [-0.2, -0.15) is 0 Å². The Morgan fingerprint density at radius 1 is 1.78 bits per heavy atom. The van der Waals surface area contributed by atoms with Crippen LogP contribution in [0.5, 0.6) is 0 Å². The van der Waals surface area contributed by atoms with Crippen LogP contribution < -0.4 is 5.56 Å². The summed E-state index contributed by atoms with van der Waals surface area (Å²) in [5.41, 5.74) is -0.0186. The minimum absolute atomic E-state index is 0.0186. The number of hydrogen-bond acceptors (Lipinski definition) is 1. The molecule has 0 aliphatic carbocycles. The Balaban J connectivity index is 3.35. The molecule has 48 valence electrons. The predicted molar refractivity (Wildman–Crippen MR) is 36.1 cm³/mol. The van der Waals surface area contributed by atoms with Crippen molar-refractivity contribution in [3.05, 3.63) is 29.2 Å². The van der Waals surface area contributed by atoms with E-state index in [1.54, 1.807) is 24.1 Å². The molecule has 0 saturated carbocycles. The normalized spacial score (nSPS) is 9.44. The van der Waals surface area contributed by atoms with Crippen LogP contribution in [-0.2, 0) is 7.05 Å². The van der Waals surface area contributed by atoms with E-state index in [1.165, 1.54) is 10.7 Å². The summed E-state index contributed by atoms with van der Waals surface area (Å²) < 4.78 is 3.08. The summed E-state index contributed by atoms with van der Waals surface area (Å²) in [5, 5.41) is 0. The van der Waals surface area contributed by atoms with E-state index in [4.69, 9.17) is 0 Å². The number of aromatic nitrogens is 2. The molecule has 3 nitrogen and oxygen atoms in total. The Labute approximate surface area is 52.8 Å². The number of nitrogens with zero attached hydrogens (tertiary/aromatic N) is 2. The van der Waals surface area contributed by atoms with Crippen LogP contribution in [0.4, 0.5) is 0 Å². The third-order valence-electron chi connectivity index (χ3n) is 1.22. The molecule has 0 unspecified atom stereocenters. The highest BCUT2D eigenvalue weighted by molar-refractivity contribution is 5.13. The lowest BCUT2D eigenvalue weighted by atomic mass is 10.7. The first-order chi connectivity index (χ1) is 4.25. The average Bonchev–Trinajstić information content (AvgIpc) is 2.15. The third kappa shape index (κ3) is 0.806. The van der Waals surface area contributed by atoms with Gasteiger partial charge in [0, 0.05) is 25.5 Å². The van der Waals surface area contributed by atoms with Gasteiger partial charge in [-0.1, -0.05) is 6.58 Å². The topological polar surface area (TPSA) is 26.9 Å². The lowest BCUT2D eigenvalue weighted by Crippen LogP contribution is -2.15. The van der Waals surface area contributed by atoms with Crippen molar-refractivity contribution in [1.29, 1.82) is 0 Å². The van der Waals surface area contributed by atoms with Crippen molar-refractivity contribution in [1.82, 2.24) is 9.36 Å². The smallest absolute Gasteiger partial charge is 0.266 e. The van der Waals surface area contributed by atoms with E-state index in [0.29, 0.717) is 0 Å². The molecule has 0 bridgehead atoms. The van der Waals surface area contributed by atoms with E-state index >= 15 is 0 Å². The van der Waals surface area contributed by atoms with Crippen LogP contribution >= 0.6 is 0 Å². The molecule has 9 heavy (non-hydrogen) atoms. The van der Waals surface area contributed by atoms with Gasteiger partial charge in [0.25, 0.3) is 5.56 Å². The highest BCUT2D eigenvalue weighted by Gasteiger charge is 1.90. The van der Waals surface area contributed by atoms with Crippen LogP contribution in [0.1, 0.15) is 0 Å². The molecule has 0 saturated heterocycles. The highest BCUT2D eigenvalue weighted by Crippen LogP contribution is 1.80. The van der Waals surface area contributed by atoms with Crippen molar-refractivity contribution in [2.45, 2.75) is 0 Å². The van der Waals surface area contributed by atoms with Crippen molar-refractivity contribution in [3.8, 4) is 0 Å². The Morgan fingerprint density at radius 3 is 2.67 bits per heavy atom. The molecular formula is C6H8N2O. The molecule has 0 N–H and O–H groups in total. The molecule has 0 amide bonds. The molecule has 0 aliphatic rings. The van der Waals surface area contributed by atoms with Gasteiger partial charge in [-0.15, -0.1) is 0 Å². The van der Waals surface area contributed by atoms with Crippen molar-refractivity contribution >= 4 is 6.20 Å². The molecule has 1 rings (SSSR count). The Kier molecular flexibility index (Phi) is 1.26. The van der Waals surface area contributed by atoms with Crippen molar-refractivity contribution in [2.75, 3.05) is 0 Å². The Bertz CT molecular complexity index is 269. The summed E-state index contributed by atoms with van der Waals surface area (Å²) in [5.74, 6) is 0. The fourth-order valence-corrected chi connectivity index (χ4v) is 0.645. The Hall–Kier alpha value is -1.25. The summed E-state index contributed by atoms with van der Waals surface area (Å²) in [6.45, 7) is 3.51. The van der Waals surface area contributed by atoms with Crippen molar-refractivity contribution in [3.63, 3.8) is 0 Å². The van der Waals surface area contributed by atoms with Gasteiger partial charge in [-0.3, -0.25) is 9.48 Å². The molecule has 3 heteroatoms. The van der Waals surface area contributed by atoms with Gasteiger partial charge < -0.3 is 0 Å². The SMILES string of the molecule is C=Cn1ccc(=O)n1C. The average molecular weight is 124 g/mol. The van der Waals surface area contributed by atoms with Gasteiger partial charge in [0.2, 0.25) is 0 Å². The van der Waals surface area contributed by atoms with Crippen LogP contribution in [0.25, 0.3) is 6.20 Å². The standard InChI is InChI=1S/C6H8N2O/c1-3-8-5-4-6(9)7(8)2/h3-5H,1H2,2H3. The first-order valence-electron chi connectivity index (χ1n) is 2.62. The zero-order valence-corrected chi connectivity index (χ0v) is 5.24. The van der Waals surface area contributed by atoms with Gasteiger partial charge in [0.05, 0.1) is 0 Å². The van der Waals surface area contributed by atoms with E-state index in [1.807, 2.05) is 0 Å². The minimum Gasteiger partial charge on any atom is -0.268 e.